The van der Waals surface area contributed by atoms with E-state index < -0.39 is 16.1 Å². The molecule has 2 aliphatic heterocycles. The lowest BCUT2D eigenvalue weighted by atomic mass is 10.0. The van der Waals surface area contributed by atoms with E-state index in [0.29, 0.717) is 56.6 Å². The van der Waals surface area contributed by atoms with Crippen molar-refractivity contribution in [2.75, 3.05) is 45.6 Å². The van der Waals surface area contributed by atoms with Gasteiger partial charge in [0.1, 0.15) is 5.75 Å². The van der Waals surface area contributed by atoms with Gasteiger partial charge < -0.3 is 36.8 Å². The van der Waals surface area contributed by atoms with E-state index in [2.05, 4.69) is 15.3 Å². The van der Waals surface area contributed by atoms with Crippen molar-refractivity contribution in [1.29, 1.82) is 0 Å². The molecule has 0 amide bonds. The number of hydrogen-bond acceptors (Lipinski definition) is 12. The predicted molar refractivity (Wildman–Crippen MR) is 182 cm³/mol. The second-order valence-corrected chi connectivity index (χ2v) is 14.2. The van der Waals surface area contributed by atoms with E-state index in [1.165, 1.54) is 10.4 Å². The van der Waals surface area contributed by atoms with Crippen molar-refractivity contribution in [2.24, 2.45) is 11.5 Å². The highest BCUT2D eigenvalue weighted by atomic mass is 32.2. The summed E-state index contributed by atoms with van der Waals surface area (Å²) in [6, 6.07) is 20.2. The number of phenols is 1. The van der Waals surface area contributed by atoms with Gasteiger partial charge in [-0.25, -0.2) is 8.42 Å². The number of nitrogens with two attached hydrogens (primary N) is 2. The largest absolute Gasteiger partial charge is 0.506 e. The second-order valence-electron chi connectivity index (χ2n) is 12.3. The zero-order valence-corrected chi connectivity index (χ0v) is 27.1. The minimum atomic E-state index is -4.04. The molecule has 13 nitrogen and oxygen atoms in total. The molecule has 2 fully saturated rings. The molecule has 47 heavy (non-hydrogen) atoms. The second kappa shape index (κ2) is 13.7. The summed E-state index contributed by atoms with van der Waals surface area (Å²) in [5.74, 6) is 0.784. The standard InChI is InChI=1S/C33H41N9O4S/c1-22-9-12-28(13-10-22)47(45,46)42(18-23-6-3-2-4-7-23)29-14-11-26(17-30(29)44)36-31-37-32(40-15-5-8-27(43)21-40)39-33(38-31)41-19-24(34)16-25(35)20-41/h2-4,6-7,9-14,17,24-25,27,43-44H,5,8,15-16,18-21,34-35H2,1H3,(H,36,37,38,39)/t24-,25+,27?. The number of hydrogen-bond donors (Lipinski definition) is 5. The molecular formula is C33H41N9O4S. The van der Waals surface area contributed by atoms with Gasteiger partial charge in [-0.2, -0.15) is 15.0 Å². The average molecular weight is 660 g/mol. The predicted octanol–water partition coefficient (Wildman–Crippen LogP) is 2.85. The maximum atomic E-state index is 13.9. The third-order valence-corrected chi connectivity index (χ3v) is 10.1. The van der Waals surface area contributed by atoms with Gasteiger partial charge in [0, 0.05) is 50.0 Å². The molecule has 3 atom stereocenters. The van der Waals surface area contributed by atoms with Crippen molar-refractivity contribution < 1.29 is 18.6 Å². The molecule has 7 N–H and O–H groups in total. The van der Waals surface area contributed by atoms with Crippen LogP contribution in [0.25, 0.3) is 0 Å². The molecule has 0 aliphatic carbocycles. The van der Waals surface area contributed by atoms with Crippen LogP contribution in [0.1, 0.15) is 30.4 Å². The van der Waals surface area contributed by atoms with Gasteiger partial charge in [0.15, 0.2) is 0 Å². The molecular weight excluding hydrogens is 618 g/mol. The van der Waals surface area contributed by atoms with Gasteiger partial charge in [0.25, 0.3) is 10.0 Å². The maximum absolute atomic E-state index is 13.9. The van der Waals surface area contributed by atoms with Crippen LogP contribution in [0.4, 0.5) is 29.2 Å². The molecule has 3 aromatic carbocycles. The van der Waals surface area contributed by atoms with Crippen LogP contribution in [0, 0.1) is 6.92 Å². The summed E-state index contributed by atoms with van der Waals surface area (Å²) in [7, 11) is -4.04. The average Bonchev–Trinajstić information content (AvgIpc) is 3.04. The molecule has 0 bridgehead atoms. The van der Waals surface area contributed by atoms with E-state index in [1.54, 1.807) is 36.4 Å². The monoisotopic (exact) mass is 659 g/mol. The van der Waals surface area contributed by atoms with E-state index in [4.69, 9.17) is 16.5 Å². The number of aromatic hydroxyl groups is 1. The molecule has 2 aliphatic rings. The summed E-state index contributed by atoms with van der Waals surface area (Å²) in [5, 5.41) is 24.8. The Morgan fingerprint density at radius 1 is 0.915 bits per heavy atom. The van der Waals surface area contributed by atoms with Crippen molar-refractivity contribution in [1.82, 2.24) is 15.0 Å². The van der Waals surface area contributed by atoms with Crippen molar-refractivity contribution in [3.8, 4) is 5.75 Å². The summed E-state index contributed by atoms with van der Waals surface area (Å²) >= 11 is 0. The SMILES string of the molecule is Cc1ccc(S(=O)(=O)N(Cc2ccccc2)c2ccc(Nc3nc(N4CCCC(O)C4)nc(N4C[C@H](N)C[C@H](N)C4)n3)cc2O)cc1. The number of aliphatic hydroxyl groups excluding tert-OH is 1. The Labute approximate surface area is 274 Å². The Kier molecular flexibility index (Phi) is 9.45. The van der Waals surface area contributed by atoms with Gasteiger partial charge in [-0.1, -0.05) is 48.0 Å². The first-order chi connectivity index (χ1) is 22.5. The number of aromatic nitrogens is 3. The molecule has 6 rings (SSSR count). The van der Waals surface area contributed by atoms with Crippen molar-refractivity contribution in [3.63, 3.8) is 0 Å². The lowest BCUT2D eigenvalue weighted by Gasteiger charge is -2.35. The summed E-state index contributed by atoms with van der Waals surface area (Å²) in [5.41, 5.74) is 14.8. The third kappa shape index (κ3) is 7.57. The number of aliphatic hydroxyl groups is 1. The van der Waals surface area contributed by atoms with Crippen LogP contribution in [0.2, 0.25) is 0 Å². The minimum absolute atomic E-state index is 0.0133. The Bertz CT molecular complexity index is 1780. The lowest BCUT2D eigenvalue weighted by molar-refractivity contribution is 0.153. The normalized spacial score (nSPS) is 20.2. The first-order valence-electron chi connectivity index (χ1n) is 15.7. The number of phenolic OH excluding ortho intramolecular Hbond substituents is 1. The molecule has 4 aromatic rings. The maximum Gasteiger partial charge on any atom is 0.264 e. The number of aryl methyl sites for hydroxylation is 1. The topological polar surface area (TPSA) is 187 Å². The first kappa shape index (κ1) is 32.4. The Hall–Kier alpha value is -4.50. The quantitative estimate of drug-likeness (QED) is 0.177. The highest BCUT2D eigenvalue weighted by Gasteiger charge is 2.29. The number of benzene rings is 3. The Morgan fingerprint density at radius 2 is 1.60 bits per heavy atom. The molecule has 248 valence electrons. The van der Waals surface area contributed by atoms with E-state index in [0.717, 1.165) is 17.5 Å². The summed E-state index contributed by atoms with van der Waals surface area (Å²) in [6.45, 7) is 4.04. The lowest BCUT2D eigenvalue weighted by Crippen LogP contribution is -2.53. The molecule has 14 heteroatoms. The number of nitrogens with one attached hydrogen (secondary N) is 1. The van der Waals surface area contributed by atoms with Gasteiger partial charge in [0.2, 0.25) is 17.8 Å². The fourth-order valence-electron chi connectivity index (χ4n) is 6.00. The van der Waals surface area contributed by atoms with Crippen LogP contribution >= 0.6 is 0 Å². The molecule has 2 saturated heterocycles. The van der Waals surface area contributed by atoms with Crippen LogP contribution in [0.15, 0.2) is 77.7 Å². The van der Waals surface area contributed by atoms with E-state index in [-0.39, 0.29) is 40.9 Å². The molecule has 0 spiro atoms. The highest BCUT2D eigenvalue weighted by molar-refractivity contribution is 7.92. The third-order valence-electron chi connectivity index (χ3n) is 8.37. The number of sulfonamides is 1. The summed E-state index contributed by atoms with van der Waals surface area (Å²) < 4.78 is 29.1. The van der Waals surface area contributed by atoms with Gasteiger partial charge >= 0.3 is 0 Å². The fourth-order valence-corrected chi connectivity index (χ4v) is 7.47. The Morgan fingerprint density at radius 3 is 2.26 bits per heavy atom. The molecule has 3 heterocycles. The van der Waals surface area contributed by atoms with Crippen LogP contribution in [-0.2, 0) is 16.6 Å². The summed E-state index contributed by atoms with van der Waals surface area (Å²) in [6.07, 6.45) is 1.72. The molecule has 1 aromatic heterocycles. The smallest absolute Gasteiger partial charge is 0.264 e. The van der Waals surface area contributed by atoms with Crippen LogP contribution in [0.5, 0.6) is 5.75 Å². The number of β-amino-alcohol motifs (C(OH)–C–C–N with tert-alkyl or cyclic N) is 1. The number of rotatable bonds is 9. The van der Waals surface area contributed by atoms with E-state index in [1.807, 2.05) is 47.1 Å². The van der Waals surface area contributed by atoms with Crippen molar-refractivity contribution in [3.05, 3.63) is 83.9 Å². The van der Waals surface area contributed by atoms with Crippen LogP contribution in [-0.4, -0.2) is 77.9 Å². The fraction of sp³-hybridized carbons (Fsp3) is 0.364. The number of nitrogens with zero attached hydrogens (tertiary/aromatic N) is 6. The zero-order valence-electron chi connectivity index (χ0n) is 26.3. The van der Waals surface area contributed by atoms with Gasteiger partial charge in [0.05, 0.1) is 23.2 Å². The van der Waals surface area contributed by atoms with Gasteiger partial charge in [-0.05, 0) is 56.0 Å². The van der Waals surface area contributed by atoms with E-state index >= 15 is 0 Å². The number of piperidine rings is 2. The molecule has 0 radical (unpaired) electrons. The highest BCUT2D eigenvalue weighted by Crippen LogP contribution is 2.36. The number of anilines is 5. The van der Waals surface area contributed by atoms with Crippen molar-refractivity contribution >= 4 is 39.2 Å². The van der Waals surface area contributed by atoms with Crippen LogP contribution < -0.4 is 30.9 Å². The van der Waals surface area contributed by atoms with Crippen molar-refractivity contribution in [2.45, 2.75) is 55.8 Å². The van der Waals surface area contributed by atoms with Crippen LogP contribution in [0.3, 0.4) is 0 Å². The first-order valence-corrected chi connectivity index (χ1v) is 17.2. The van der Waals surface area contributed by atoms with E-state index in [9.17, 15) is 18.6 Å². The summed E-state index contributed by atoms with van der Waals surface area (Å²) in [4.78, 5) is 18.0. The van der Waals surface area contributed by atoms with Gasteiger partial charge in [-0.3, -0.25) is 4.31 Å². The molecule has 1 unspecified atom stereocenters. The Balaban J connectivity index is 1.33. The minimum Gasteiger partial charge on any atom is -0.506 e. The van der Waals surface area contributed by atoms with Gasteiger partial charge in [-0.15, -0.1) is 0 Å². The zero-order chi connectivity index (χ0) is 33.1. The molecule has 0 saturated carbocycles.